The third-order valence-corrected chi connectivity index (χ3v) is 6.05. The number of nitrogens with zero attached hydrogens (tertiary/aromatic N) is 1. The molecule has 0 aliphatic carbocycles. The van der Waals surface area contributed by atoms with Crippen LogP contribution in [0, 0.1) is 11.6 Å². The van der Waals surface area contributed by atoms with Crippen LogP contribution in [0.1, 0.15) is 43.2 Å². The van der Waals surface area contributed by atoms with Crippen LogP contribution in [0.15, 0.2) is 48.5 Å². The minimum Gasteiger partial charge on any atom is -0.352 e. The number of fused-ring (bicyclic) bond motifs is 1. The molecule has 28 heavy (non-hydrogen) atoms. The van der Waals surface area contributed by atoms with Gasteiger partial charge in [-0.3, -0.25) is 9.69 Å². The first-order chi connectivity index (χ1) is 13.6. The number of rotatable bonds is 4. The molecule has 3 nitrogen and oxygen atoms in total. The van der Waals surface area contributed by atoms with Gasteiger partial charge in [-0.25, -0.2) is 8.78 Å². The van der Waals surface area contributed by atoms with E-state index in [9.17, 15) is 13.6 Å². The molecule has 2 aromatic carbocycles. The number of nitrogens with one attached hydrogen (secondary N) is 1. The molecule has 2 saturated heterocycles. The molecule has 2 fully saturated rings. The minimum absolute atomic E-state index is 0.138. The zero-order valence-electron chi connectivity index (χ0n) is 15.9. The lowest BCUT2D eigenvalue weighted by Gasteiger charge is -2.33. The van der Waals surface area contributed by atoms with Crippen molar-refractivity contribution in [3.63, 3.8) is 0 Å². The number of carbonyl (C=O) groups is 1. The van der Waals surface area contributed by atoms with Crippen LogP contribution in [0.5, 0.6) is 0 Å². The summed E-state index contributed by atoms with van der Waals surface area (Å²) in [5, 5.41) is 3.23. The summed E-state index contributed by atoms with van der Waals surface area (Å²) in [6.45, 7) is 0.725. The smallest absolute Gasteiger partial charge is 0.220 e. The van der Waals surface area contributed by atoms with Crippen LogP contribution in [0.3, 0.4) is 0 Å². The largest absolute Gasteiger partial charge is 0.352 e. The summed E-state index contributed by atoms with van der Waals surface area (Å²) in [5.41, 5.74) is 2.16. The van der Waals surface area contributed by atoms with Crippen LogP contribution < -0.4 is 5.32 Å². The normalized spacial score (nSPS) is 25.6. The molecule has 0 radical (unpaired) electrons. The Morgan fingerprint density at radius 2 is 1.57 bits per heavy atom. The second kappa shape index (κ2) is 8.39. The Morgan fingerprint density at radius 1 is 0.929 bits per heavy atom. The Kier molecular flexibility index (Phi) is 5.72. The molecule has 148 valence electrons. The quantitative estimate of drug-likeness (QED) is 0.857. The SMILES string of the molecule is O=C1CCCC[C@@H]2[C@H](C[C@@H](Cc3ccc(F)cc3)N2Cc2ccc(F)cc2)N1. The molecular formula is C23H26F2N2O. The number of hydrogen-bond donors (Lipinski definition) is 1. The van der Waals surface area contributed by atoms with Gasteiger partial charge in [0.1, 0.15) is 11.6 Å². The summed E-state index contributed by atoms with van der Waals surface area (Å²) >= 11 is 0. The van der Waals surface area contributed by atoms with Gasteiger partial charge >= 0.3 is 0 Å². The highest BCUT2D eigenvalue weighted by Crippen LogP contribution is 2.33. The van der Waals surface area contributed by atoms with Crippen molar-refractivity contribution in [1.29, 1.82) is 0 Å². The molecule has 0 bridgehead atoms. The van der Waals surface area contributed by atoms with E-state index < -0.39 is 0 Å². The molecule has 2 aliphatic rings. The van der Waals surface area contributed by atoms with Crippen molar-refractivity contribution in [3.05, 3.63) is 71.3 Å². The molecule has 0 saturated carbocycles. The van der Waals surface area contributed by atoms with Gasteiger partial charge in [-0.15, -0.1) is 0 Å². The van der Waals surface area contributed by atoms with Crippen LogP contribution in [-0.2, 0) is 17.8 Å². The van der Waals surface area contributed by atoms with Crippen LogP contribution in [-0.4, -0.2) is 28.9 Å². The molecule has 4 rings (SSSR count). The van der Waals surface area contributed by atoms with Gasteiger partial charge in [0.25, 0.3) is 0 Å². The van der Waals surface area contributed by atoms with Crippen molar-refractivity contribution >= 4 is 5.91 Å². The van der Waals surface area contributed by atoms with E-state index >= 15 is 0 Å². The fourth-order valence-corrected chi connectivity index (χ4v) is 4.67. The molecule has 5 heteroatoms. The van der Waals surface area contributed by atoms with Gasteiger partial charge in [-0.05, 0) is 61.1 Å². The van der Waals surface area contributed by atoms with E-state index in [1.54, 1.807) is 0 Å². The lowest BCUT2D eigenvalue weighted by molar-refractivity contribution is -0.122. The van der Waals surface area contributed by atoms with E-state index in [-0.39, 0.29) is 35.7 Å². The van der Waals surface area contributed by atoms with Gasteiger partial charge in [0.05, 0.1) is 0 Å². The number of carbonyl (C=O) groups excluding carboxylic acids is 1. The van der Waals surface area contributed by atoms with Gasteiger partial charge in [-0.2, -0.15) is 0 Å². The fraction of sp³-hybridized carbons (Fsp3) is 0.435. The van der Waals surface area contributed by atoms with Crippen molar-refractivity contribution < 1.29 is 13.6 Å². The van der Waals surface area contributed by atoms with E-state index in [2.05, 4.69) is 10.2 Å². The fourth-order valence-electron chi connectivity index (χ4n) is 4.67. The highest BCUT2D eigenvalue weighted by Gasteiger charge is 2.41. The van der Waals surface area contributed by atoms with E-state index in [1.165, 1.54) is 24.3 Å². The second-order valence-corrected chi connectivity index (χ2v) is 8.01. The van der Waals surface area contributed by atoms with E-state index in [0.29, 0.717) is 6.42 Å². The van der Waals surface area contributed by atoms with E-state index in [1.807, 2.05) is 24.3 Å². The Morgan fingerprint density at radius 3 is 2.25 bits per heavy atom. The summed E-state index contributed by atoms with van der Waals surface area (Å²) < 4.78 is 26.6. The zero-order valence-corrected chi connectivity index (χ0v) is 15.9. The van der Waals surface area contributed by atoms with Crippen LogP contribution in [0.25, 0.3) is 0 Å². The number of likely N-dealkylation sites (tertiary alicyclic amines) is 1. The average molecular weight is 384 g/mol. The van der Waals surface area contributed by atoms with E-state index in [4.69, 9.17) is 0 Å². The predicted molar refractivity (Wildman–Crippen MR) is 105 cm³/mol. The Hall–Kier alpha value is -2.27. The average Bonchev–Trinajstić information content (AvgIpc) is 2.96. The van der Waals surface area contributed by atoms with Crippen LogP contribution in [0.4, 0.5) is 8.78 Å². The Labute approximate surface area is 164 Å². The number of halogens is 2. The van der Waals surface area contributed by atoms with Gasteiger partial charge in [0.2, 0.25) is 5.91 Å². The topological polar surface area (TPSA) is 32.3 Å². The molecule has 2 aromatic rings. The van der Waals surface area contributed by atoms with Crippen molar-refractivity contribution in [2.75, 3.05) is 0 Å². The van der Waals surface area contributed by atoms with Gasteiger partial charge in [0, 0.05) is 31.1 Å². The van der Waals surface area contributed by atoms with Gasteiger partial charge in [-0.1, -0.05) is 30.7 Å². The lowest BCUT2D eigenvalue weighted by Crippen LogP contribution is -2.46. The molecule has 2 heterocycles. The summed E-state index contributed by atoms with van der Waals surface area (Å²) in [6.07, 6.45) is 5.30. The second-order valence-electron chi connectivity index (χ2n) is 8.01. The maximum absolute atomic E-state index is 13.3. The molecule has 0 spiro atoms. The molecule has 0 aromatic heterocycles. The highest BCUT2D eigenvalue weighted by molar-refractivity contribution is 5.76. The molecule has 2 aliphatic heterocycles. The Bertz CT molecular complexity index is 806. The van der Waals surface area contributed by atoms with Crippen molar-refractivity contribution in [2.45, 2.75) is 63.2 Å². The monoisotopic (exact) mass is 384 g/mol. The summed E-state index contributed by atoms with van der Waals surface area (Å²) in [7, 11) is 0. The summed E-state index contributed by atoms with van der Waals surface area (Å²) in [5.74, 6) is -0.324. The number of benzene rings is 2. The number of hydrogen-bond acceptors (Lipinski definition) is 2. The van der Waals surface area contributed by atoms with E-state index in [0.717, 1.165) is 49.8 Å². The van der Waals surface area contributed by atoms with Crippen LogP contribution in [0.2, 0.25) is 0 Å². The van der Waals surface area contributed by atoms with Crippen LogP contribution >= 0.6 is 0 Å². The summed E-state index contributed by atoms with van der Waals surface area (Å²) in [4.78, 5) is 14.6. The zero-order chi connectivity index (χ0) is 19.5. The van der Waals surface area contributed by atoms with Crippen molar-refractivity contribution in [3.8, 4) is 0 Å². The lowest BCUT2D eigenvalue weighted by atomic mass is 9.97. The third-order valence-electron chi connectivity index (χ3n) is 6.05. The first-order valence-electron chi connectivity index (χ1n) is 10.1. The maximum atomic E-state index is 13.3. The molecular weight excluding hydrogens is 358 g/mol. The molecule has 3 atom stereocenters. The third kappa shape index (κ3) is 4.41. The van der Waals surface area contributed by atoms with Gasteiger partial charge in [0.15, 0.2) is 0 Å². The summed E-state index contributed by atoms with van der Waals surface area (Å²) in [6, 6.07) is 14.0. The first kappa shape index (κ1) is 19.1. The number of amides is 1. The molecule has 1 N–H and O–H groups in total. The van der Waals surface area contributed by atoms with Gasteiger partial charge < -0.3 is 5.32 Å². The van der Waals surface area contributed by atoms with Crippen molar-refractivity contribution in [2.24, 2.45) is 0 Å². The maximum Gasteiger partial charge on any atom is 0.220 e. The first-order valence-corrected chi connectivity index (χ1v) is 10.1. The standard InChI is InChI=1S/C23H26F2N2O/c24-18-9-5-16(6-10-18)13-20-14-21-22(3-1-2-4-23(28)26-21)27(20)15-17-7-11-19(25)12-8-17/h5-12,20-22H,1-4,13-15H2,(H,26,28)/t20-,21+,22-/m1/s1. The molecule has 1 amide bonds. The Balaban J connectivity index is 1.58. The van der Waals surface area contributed by atoms with Crippen molar-refractivity contribution in [1.82, 2.24) is 10.2 Å². The predicted octanol–water partition coefficient (Wildman–Crippen LogP) is 4.21. The molecule has 0 unspecified atom stereocenters. The minimum atomic E-state index is -0.232. The highest BCUT2D eigenvalue weighted by atomic mass is 19.1.